The third kappa shape index (κ3) is 2.82. The van der Waals surface area contributed by atoms with Crippen molar-refractivity contribution in [2.75, 3.05) is 6.61 Å². The number of aliphatic hydroxyl groups is 1. The smallest absolute Gasteiger partial charge is 0.228 e. The maximum Gasteiger partial charge on any atom is 0.228 e. The van der Waals surface area contributed by atoms with Crippen LogP contribution in [-0.4, -0.2) is 27.8 Å². The number of carbonyl (C=O) groups excluding carboxylic acids is 1. The zero-order valence-electron chi connectivity index (χ0n) is 11.0. The van der Waals surface area contributed by atoms with Gasteiger partial charge in [-0.25, -0.2) is 4.68 Å². The molecule has 0 bridgehead atoms. The minimum Gasteiger partial charge on any atom is -0.439 e. The Bertz CT molecular complexity index is 573. The average molecular weight is 260 g/mol. The summed E-state index contributed by atoms with van der Waals surface area (Å²) in [6.07, 6.45) is 1.36. The molecule has 0 aliphatic heterocycles. The van der Waals surface area contributed by atoms with Crippen LogP contribution in [0.3, 0.4) is 0 Å². The van der Waals surface area contributed by atoms with Crippen LogP contribution in [0.15, 0.2) is 24.3 Å². The maximum absolute atomic E-state index is 11.0. The summed E-state index contributed by atoms with van der Waals surface area (Å²) in [5.41, 5.74) is 2.14. The standard InChI is InChI=1S/C14H16N2O3/c1-10-13(9-18)14(16(2)15-10)19-12-5-3-11(4-6-12)7-8-17/h3-6,9,17H,7-8H2,1-2H3. The molecule has 1 heterocycles. The van der Waals surface area contributed by atoms with Crippen LogP contribution in [0.25, 0.3) is 0 Å². The zero-order valence-corrected chi connectivity index (χ0v) is 11.0. The van der Waals surface area contributed by atoms with Crippen molar-refractivity contribution >= 4 is 6.29 Å². The second-order valence-corrected chi connectivity index (χ2v) is 4.27. The van der Waals surface area contributed by atoms with E-state index in [4.69, 9.17) is 9.84 Å². The van der Waals surface area contributed by atoms with Gasteiger partial charge in [0.15, 0.2) is 6.29 Å². The quantitative estimate of drug-likeness (QED) is 0.833. The Hall–Kier alpha value is -2.14. The topological polar surface area (TPSA) is 64.3 Å². The molecule has 1 N–H and O–H groups in total. The van der Waals surface area contributed by atoms with E-state index in [1.807, 2.05) is 24.3 Å². The summed E-state index contributed by atoms with van der Waals surface area (Å²) in [6, 6.07) is 7.38. The molecule has 0 amide bonds. The molecule has 0 saturated carbocycles. The van der Waals surface area contributed by atoms with Crippen molar-refractivity contribution in [3.05, 3.63) is 41.1 Å². The number of benzene rings is 1. The molecule has 0 saturated heterocycles. The van der Waals surface area contributed by atoms with Gasteiger partial charge in [-0.2, -0.15) is 5.10 Å². The predicted molar refractivity (Wildman–Crippen MR) is 70.6 cm³/mol. The minimum absolute atomic E-state index is 0.121. The first-order valence-electron chi connectivity index (χ1n) is 6.02. The number of ether oxygens (including phenoxy) is 1. The van der Waals surface area contributed by atoms with Gasteiger partial charge in [0.1, 0.15) is 5.75 Å². The summed E-state index contributed by atoms with van der Waals surface area (Å²) in [6.45, 7) is 1.89. The van der Waals surface area contributed by atoms with Gasteiger partial charge in [0.2, 0.25) is 5.88 Å². The molecular formula is C14H16N2O3. The van der Waals surface area contributed by atoms with Crippen LogP contribution in [0.5, 0.6) is 11.6 Å². The molecule has 1 aromatic carbocycles. The number of aryl methyl sites for hydroxylation is 2. The monoisotopic (exact) mass is 260 g/mol. The summed E-state index contributed by atoms with van der Waals surface area (Å²) < 4.78 is 7.23. The zero-order chi connectivity index (χ0) is 13.8. The van der Waals surface area contributed by atoms with Gasteiger partial charge in [-0.3, -0.25) is 4.79 Å². The first-order valence-corrected chi connectivity index (χ1v) is 6.02. The first kappa shape index (κ1) is 13.3. The number of carbonyl (C=O) groups is 1. The fourth-order valence-corrected chi connectivity index (χ4v) is 1.87. The van der Waals surface area contributed by atoms with Crippen molar-refractivity contribution in [3.63, 3.8) is 0 Å². The number of aromatic nitrogens is 2. The Labute approximate surface area is 111 Å². The van der Waals surface area contributed by atoms with Crippen LogP contribution in [0, 0.1) is 6.92 Å². The van der Waals surface area contributed by atoms with Crippen LogP contribution >= 0.6 is 0 Å². The number of rotatable bonds is 5. The van der Waals surface area contributed by atoms with Crippen LogP contribution in [-0.2, 0) is 13.5 Å². The summed E-state index contributed by atoms with van der Waals surface area (Å²) in [5, 5.41) is 13.0. The van der Waals surface area contributed by atoms with Crippen LogP contribution < -0.4 is 4.74 Å². The van der Waals surface area contributed by atoms with Crippen LogP contribution in [0.1, 0.15) is 21.6 Å². The Balaban J connectivity index is 2.23. The molecule has 100 valence electrons. The molecule has 5 nitrogen and oxygen atoms in total. The molecule has 0 radical (unpaired) electrons. The van der Waals surface area contributed by atoms with E-state index >= 15 is 0 Å². The van der Waals surface area contributed by atoms with Gasteiger partial charge >= 0.3 is 0 Å². The minimum atomic E-state index is 0.121. The SMILES string of the molecule is Cc1nn(C)c(Oc2ccc(CCO)cc2)c1C=O. The van der Waals surface area contributed by atoms with E-state index in [1.54, 1.807) is 18.7 Å². The van der Waals surface area contributed by atoms with Gasteiger partial charge < -0.3 is 9.84 Å². The van der Waals surface area contributed by atoms with Crippen LogP contribution in [0.4, 0.5) is 0 Å². The van der Waals surface area contributed by atoms with E-state index in [0.717, 1.165) is 11.8 Å². The Morgan fingerprint density at radius 2 is 2.05 bits per heavy atom. The fraction of sp³-hybridized carbons (Fsp3) is 0.286. The number of hydrogen-bond donors (Lipinski definition) is 1. The highest BCUT2D eigenvalue weighted by molar-refractivity contribution is 5.80. The average Bonchev–Trinajstić information content (AvgIpc) is 2.66. The lowest BCUT2D eigenvalue weighted by Gasteiger charge is -2.07. The van der Waals surface area contributed by atoms with Crippen molar-refractivity contribution in [1.29, 1.82) is 0 Å². The molecule has 0 fully saturated rings. The van der Waals surface area contributed by atoms with E-state index < -0.39 is 0 Å². The van der Waals surface area contributed by atoms with E-state index in [-0.39, 0.29) is 6.61 Å². The van der Waals surface area contributed by atoms with Gasteiger partial charge in [0, 0.05) is 13.7 Å². The first-order chi connectivity index (χ1) is 9.15. The molecular weight excluding hydrogens is 244 g/mol. The highest BCUT2D eigenvalue weighted by atomic mass is 16.5. The molecule has 0 spiro atoms. The lowest BCUT2D eigenvalue weighted by atomic mass is 10.1. The van der Waals surface area contributed by atoms with Gasteiger partial charge in [0.05, 0.1) is 11.3 Å². The van der Waals surface area contributed by atoms with Crippen molar-refractivity contribution in [1.82, 2.24) is 9.78 Å². The van der Waals surface area contributed by atoms with Gasteiger partial charge in [-0.15, -0.1) is 0 Å². The largest absolute Gasteiger partial charge is 0.439 e. The Kier molecular flexibility index (Phi) is 3.97. The summed E-state index contributed by atoms with van der Waals surface area (Å²) in [4.78, 5) is 11.0. The molecule has 0 aliphatic rings. The molecule has 0 aliphatic carbocycles. The van der Waals surface area contributed by atoms with Crippen molar-refractivity contribution in [2.24, 2.45) is 7.05 Å². The van der Waals surface area contributed by atoms with E-state index in [1.165, 1.54) is 0 Å². The third-order valence-corrected chi connectivity index (χ3v) is 2.87. The van der Waals surface area contributed by atoms with Crippen molar-refractivity contribution < 1.29 is 14.6 Å². The van der Waals surface area contributed by atoms with Gasteiger partial charge in [-0.05, 0) is 31.0 Å². The van der Waals surface area contributed by atoms with E-state index in [0.29, 0.717) is 29.3 Å². The van der Waals surface area contributed by atoms with E-state index in [9.17, 15) is 4.79 Å². The number of nitrogens with zero attached hydrogens (tertiary/aromatic N) is 2. The molecule has 2 aromatic rings. The fourth-order valence-electron chi connectivity index (χ4n) is 1.87. The van der Waals surface area contributed by atoms with Crippen molar-refractivity contribution in [3.8, 4) is 11.6 Å². The molecule has 1 aromatic heterocycles. The second-order valence-electron chi connectivity index (χ2n) is 4.27. The highest BCUT2D eigenvalue weighted by Crippen LogP contribution is 2.26. The molecule has 0 atom stereocenters. The molecule has 2 rings (SSSR count). The molecule has 19 heavy (non-hydrogen) atoms. The molecule has 0 unspecified atom stereocenters. The van der Waals surface area contributed by atoms with Gasteiger partial charge in [-0.1, -0.05) is 12.1 Å². The number of aliphatic hydroxyl groups excluding tert-OH is 1. The number of hydrogen-bond acceptors (Lipinski definition) is 4. The Morgan fingerprint density at radius 1 is 1.37 bits per heavy atom. The summed E-state index contributed by atoms with van der Waals surface area (Å²) >= 11 is 0. The normalized spacial score (nSPS) is 10.5. The van der Waals surface area contributed by atoms with Crippen LogP contribution in [0.2, 0.25) is 0 Å². The van der Waals surface area contributed by atoms with Crippen molar-refractivity contribution in [2.45, 2.75) is 13.3 Å². The summed E-state index contributed by atoms with van der Waals surface area (Å²) in [5.74, 6) is 1.06. The lowest BCUT2D eigenvalue weighted by Crippen LogP contribution is -1.97. The van der Waals surface area contributed by atoms with E-state index in [2.05, 4.69) is 5.10 Å². The molecule has 5 heteroatoms. The van der Waals surface area contributed by atoms with Gasteiger partial charge in [0.25, 0.3) is 0 Å². The second kappa shape index (κ2) is 5.67. The predicted octanol–water partition coefficient (Wildman–Crippen LogP) is 1.87. The lowest BCUT2D eigenvalue weighted by molar-refractivity contribution is 0.112. The Morgan fingerprint density at radius 3 is 2.63 bits per heavy atom. The highest BCUT2D eigenvalue weighted by Gasteiger charge is 2.14. The maximum atomic E-state index is 11.0. The third-order valence-electron chi connectivity index (χ3n) is 2.87. The number of aldehydes is 1. The summed E-state index contributed by atoms with van der Waals surface area (Å²) in [7, 11) is 1.73.